The van der Waals surface area contributed by atoms with Crippen molar-refractivity contribution in [2.75, 3.05) is 18.5 Å². The molecule has 1 heterocycles. The number of nitrogens with one attached hydrogen (secondary N) is 2. The number of carbonyl (C=O) groups excluding carboxylic acids is 3. The van der Waals surface area contributed by atoms with Gasteiger partial charge in [-0.05, 0) is 40.2 Å². The molecule has 0 unspecified atom stereocenters. The van der Waals surface area contributed by atoms with Crippen LogP contribution in [0.4, 0.5) is 5.69 Å². The lowest BCUT2D eigenvalue weighted by Crippen LogP contribution is -2.35. The second-order valence-electron chi connectivity index (χ2n) is 4.48. The van der Waals surface area contributed by atoms with E-state index in [9.17, 15) is 14.4 Å². The molecule has 0 saturated carbocycles. The summed E-state index contributed by atoms with van der Waals surface area (Å²) in [5.41, 5.74) is 0.595. The number of para-hydroxylation sites is 1. The fraction of sp³-hybridized carbons (Fsp3) is 0.133. The van der Waals surface area contributed by atoms with Crippen molar-refractivity contribution in [3.63, 3.8) is 0 Å². The first-order valence-electron chi connectivity index (χ1n) is 6.69. The molecule has 0 aliphatic rings. The number of carbonyl (C=O) groups is 3. The molecule has 2 N–H and O–H groups in total. The van der Waals surface area contributed by atoms with Crippen molar-refractivity contribution in [2.45, 2.75) is 0 Å². The van der Waals surface area contributed by atoms with E-state index in [1.165, 1.54) is 6.07 Å². The highest BCUT2D eigenvalue weighted by Gasteiger charge is 2.13. The number of halogens is 2. The van der Waals surface area contributed by atoms with Crippen LogP contribution in [0.1, 0.15) is 9.67 Å². The fourth-order valence-corrected chi connectivity index (χ4v) is 2.93. The van der Waals surface area contributed by atoms with Crippen LogP contribution in [0.3, 0.4) is 0 Å². The Balaban J connectivity index is 1.72. The Morgan fingerprint density at radius 2 is 1.88 bits per heavy atom. The van der Waals surface area contributed by atoms with Crippen LogP contribution in [-0.2, 0) is 14.3 Å². The van der Waals surface area contributed by atoms with E-state index >= 15 is 0 Å². The summed E-state index contributed by atoms with van der Waals surface area (Å²) in [6.07, 6.45) is 0. The van der Waals surface area contributed by atoms with Crippen LogP contribution in [0, 0.1) is 0 Å². The van der Waals surface area contributed by atoms with E-state index < -0.39 is 24.4 Å². The summed E-state index contributed by atoms with van der Waals surface area (Å²) >= 11 is 10.1. The van der Waals surface area contributed by atoms with Gasteiger partial charge in [-0.1, -0.05) is 23.7 Å². The smallest absolute Gasteiger partial charge is 0.348 e. The molecule has 2 amide bonds. The van der Waals surface area contributed by atoms with Crippen LogP contribution in [-0.4, -0.2) is 30.9 Å². The molecule has 0 aliphatic carbocycles. The molecule has 126 valence electrons. The zero-order chi connectivity index (χ0) is 17.5. The third-order valence-electron chi connectivity index (χ3n) is 2.70. The predicted molar refractivity (Wildman–Crippen MR) is 95.4 cm³/mol. The molecule has 9 heteroatoms. The van der Waals surface area contributed by atoms with Crippen molar-refractivity contribution in [1.29, 1.82) is 0 Å². The Bertz CT molecular complexity index is 765. The van der Waals surface area contributed by atoms with Gasteiger partial charge in [0.15, 0.2) is 6.61 Å². The van der Waals surface area contributed by atoms with Gasteiger partial charge in [0.2, 0.25) is 5.91 Å². The van der Waals surface area contributed by atoms with Gasteiger partial charge in [0.25, 0.3) is 5.91 Å². The molecule has 1 aromatic heterocycles. The zero-order valence-electron chi connectivity index (χ0n) is 12.2. The molecule has 0 aliphatic heterocycles. The van der Waals surface area contributed by atoms with Gasteiger partial charge in [0.05, 0.1) is 16.6 Å². The number of hydrogen-bond acceptors (Lipinski definition) is 5. The monoisotopic (exact) mass is 430 g/mol. The maximum absolute atomic E-state index is 11.8. The third kappa shape index (κ3) is 5.63. The van der Waals surface area contributed by atoms with Crippen LogP contribution < -0.4 is 10.6 Å². The van der Waals surface area contributed by atoms with Gasteiger partial charge in [0, 0.05) is 4.47 Å². The quantitative estimate of drug-likeness (QED) is 0.689. The van der Waals surface area contributed by atoms with Gasteiger partial charge < -0.3 is 15.4 Å². The van der Waals surface area contributed by atoms with Crippen LogP contribution in [0.5, 0.6) is 0 Å². The highest BCUT2D eigenvalue weighted by molar-refractivity contribution is 9.10. The predicted octanol–water partition coefficient (Wildman–Crippen LogP) is 3.08. The largest absolute Gasteiger partial charge is 0.451 e. The van der Waals surface area contributed by atoms with E-state index in [1.807, 2.05) is 6.07 Å². The van der Waals surface area contributed by atoms with Crippen molar-refractivity contribution in [2.24, 2.45) is 0 Å². The lowest BCUT2D eigenvalue weighted by atomic mass is 10.3. The Morgan fingerprint density at radius 1 is 1.12 bits per heavy atom. The first-order valence-corrected chi connectivity index (χ1v) is 8.68. The summed E-state index contributed by atoms with van der Waals surface area (Å²) < 4.78 is 6.02. The van der Waals surface area contributed by atoms with E-state index in [2.05, 4.69) is 26.6 Å². The van der Waals surface area contributed by atoms with Gasteiger partial charge in [-0.2, -0.15) is 0 Å². The fourth-order valence-electron chi connectivity index (χ4n) is 1.61. The standard InChI is InChI=1S/C15H12BrClN2O4S/c16-9-3-1-2-4-10(9)19-13(20)7-18-14(21)8-23-15(22)11-5-6-12(17)24-11/h1-6H,7-8H2,(H,18,21)(H,19,20). The van der Waals surface area contributed by atoms with Crippen LogP contribution in [0.2, 0.25) is 4.34 Å². The maximum Gasteiger partial charge on any atom is 0.348 e. The lowest BCUT2D eigenvalue weighted by Gasteiger charge is -2.08. The van der Waals surface area contributed by atoms with E-state index in [1.54, 1.807) is 24.3 Å². The Kier molecular flexibility index (Phi) is 6.77. The molecule has 24 heavy (non-hydrogen) atoms. The second kappa shape index (κ2) is 8.81. The van der Waals surface area contributed by atoms with Crippen molar-refractivity contribution >= 4 is 62.3 Å². The summed E-state index contributed by atoms with van der Waals surface area (Å²) in [5.74, 6) is -1.61. The molecule has 0 atom stereocenters. The minimum atomic E-state index is -0.639. The number of rotatable bonds is 6. The van der Waals surface area contributed by atoms with Gasteiger partial charge in [-0.25, -0.2) is 4.79 Å². The van der Waals surface area contributed by atoms with Crippen molar-refractivity contribution in [3.8, 4) is 0 Å². The van der Waals surface area contributed by atoms with Gasteiger partial charge >= 0.3 is 5.97 Å². The molecule has 2 rings (SSSR count). The third-order valence-corrected chi connectivity index (χ3v) is 4.61. The van der Waals surface area contributed by atoms with Crippen molar-refractivity contribution in [3.05, 3.63) is 50.1 Å². The number of esters is 1. The zero-order valence-corrected chi connectivity index (χ0v) is 15.3. The number of thiophene rings is 1. The average molecular weight is 432 g/mol. The average Bonchev–Trinajstić information content (AvgIpc) is 2.99. The highest BCUT2D eigenvalue weighted by atomic mass is 79.9. The first-order chi connectivity index (χ1) is 11.5. The molecule has 0 spiro atoms. The lowest BCUT2D eigenvalue weighted by molar-refractivity contribution is -0.126. The van der Waals surface area contributed by atoms with Gasteiger partial charge in [0.1, 0.15) is 4.88 Å². The summed E-state index contributed by atoms with van der Waals surface area (Å²) in [7, 11) is 0. The SMILES string of the molecule is O=C(COC(=O)c1ccc(Cl)s1)NCC(=O)Nc1ccccc1Br. The van der Waals surface area contributed by atoms with Crippen LogP contribution in [0.25, 0.3) is 0 Å². The summed E-state index contributed by atoms with van der Waals surface area (Å²) in [6.45, 7) is -0.709. The van der Waals surface area contributed by atoms with E-state index in [4.69, 9.17) is 16.3 Å². The molecule has 0 bridgehead atoms. The number of ether oxygens (including phenoxy) is 1. The number of amides is 2. The summed E-state index contributed by atoms with van der Waals surface area (Å²) in [4.78, 5) is 35.3. The number of anilines is 1. The normalized spacial score (nSPS) is 10.1. The van der Waals surface area contributed by atoms with Gasteiger partial charge in [-0.3, -0.25) is 9.59 Å². The Labute approximate surface area is 155 Å². The topological polar surface area (TPSA) is 84.5 Å². The molecule has 0 radical (unpaired) electrons. The molecule has 2 aromatic rings. The van der Waals surface area contributed by atoms with Gasteiger partial charge in [-0.15, -0.1) is 11.3 Å². The molecular weight excluding hydrogens is 420 g/mol. The highest BCUT2D eigenvalue weighted by Crippen LogP contribution is 2.22. The summed E-state index contributed by atoms with van der Waals surface area (Å²) in [6, 6.07) is 10.2. The molecular formula is C15H12BrClN2O4S. The van der Waals surface area contributed by atoms with Crippen LogP contribution >= 0.6 is 38.9 Å². The number of hydrogen-bond donors (Lipinski definition) is 2. The molecule has 1 aromatic carbocycles. The first kappa shape index (κ1) is 18.4. The minimum Gasteiger partial charge on any atom is -0.451 e. The Hall–Kier alpha value is -1.90. The van der Waals surface area contributed by atoms with Crippen molar-refractivity contribution < 1.29 is 19.1 Å². The maximum atomic E-state index is 11.8. The molecule has 0 saturated heterocycles. The van der Waals surface area contributed by atoms with Crippen LogP contribution in [0.15, 0.2) is 40.9 Å². The van der Waals surface area contributed by atoms with E-state index in [-0.39, 0.29) is 6.54 Å². The molecule has 6 nitrogen and oxygen atoms in total. The second-order valence-corrected chi connectivity index (χ2v) is 7.05. The minimum absolute atomic E-state index is 0.234. The molecule has 0 fully saturated rings. The van der Waals surface area contributed by atoms with Crippen molar-refractivity contribution in [1.82, 2.24) is 5.32 Å². The summed E-state index contributed by atoms with van der Waals surface area (Å²) in [5, 5.41) is 5.01. The van der Waals surface area contributed by atoms with E-state index in [0.29, 0.717) is 14.9 Å². The number of benzene rings is 1. The van der Waals surface area contributed by atoms with E-state index in [0.717, 1.165) is 15.8 Å². The Morgan fingerprint density at radius 3 is 2.54 bits per heavy atom.